The van der Waals surface area contributed by atoms with Crippen LogP contribution in [0.5, 0.6) is 0 Å². The highest BCUT2D eigenvalue weighted by Gasteiger charge is 2.54. The standard InChI is InChI=1S/C8H13BO3/c9-7-5-2-1-3-8(4-10,12-7)6(5)11/h5-7,10-11H,1-4H2/t5-,6+,7-,8-/m1/s1. The second-order valence-electron chi connectivity index (χ2n) is 3.81. The van der Waals surface area contributed by atoms with Crippen molar-refractivity contribution in [1.82, 2.24) is 0 Å². The molecule has 2 radical (unpaired) electrons. The van der Waals surface area contributed by atoms with Crippen molar-refractivity contribution in [2.45, 2.75) is 37.0 Å². The zero-order chi connectivity index (χ0) is 8.77. The highest BCUT2D eigenvalue weighted by molar-refractivity contribution is 6.11. The van der Waals surface area contributed by atoms with Crippen LogP contribution in [0, 0.1) is 5.92 Å². The van der Waals surface area contributed by atoms with Gasteiger partial charge in [-0.15, -0.1) is 0 Å². The van der Waals surface area contributed by atoms with Crippen LogP contribution in [-0.2, 0) is 4.74 Å². The lowest BCUT2D eigenvalue weighted by atomic mass is 9.73. The molecule has 2 aliphatic rings. The molecule has 4 atom stereocenters. The summed E-state index contributed by atoms with van der Waals surface area (Å²) >= 11 is 0. The summed E-state index contributed by atoms with van der Waals surface area (Å²) in [4.78, 5) is 0. The smallest absolute Gasteiger partial charge is 0.117 e. The molecule has 3 nitrogen and oxygen atoms in total. The van der Waals surface area contributed by atoms with Gasteiger partial charge in [0.25, 0.3) is 0 Å². The van der Waals surface area contributed by atoms with E-state index in [4.69, 9.17) is 17.7 Å². The number of rotatable bonds is 1. The van der Waals surface area contributed by atoms with Crippen LogP contribution >= 0.6 is 0 Å². The third-order valence-corrected chi connectivity index (χ3v) is 3.14. The van der Waals surface area contributed by atoms with Crippen molar-refractivity contribution in [2.24, 2.45) is 5.92 Å². The maximum Gasteiger partial charge on any atom is 0.117 e. The molecule has 1 aliphatic carbocycles. The number of fused-ring (bicyclic) bond motifs is 2. The fourth-order valence-electron chi connectivity index (χ4n) is 2.37. The lowest BCUT2D eigenvalue weighted by Gasteiger charge is -2.34. The zero-order valence-corrected chi connectivity index (χ0v) is 6.94. The minimum Gasteiger partial charge on any atom is -0.393 e. The minimum atomic E-state index is -0.748. The molecule has 2 bridgehead atoms. The van der Waals surface area contributed by atoms with Crippen LogP contribution in [0.2, 0.25) is 0 Å². The molecule has 12 heavy (non-hydrogen) atoms. The predicted octanol–water partition coefficient (Wildman–Crippen LogP) is -0.597. The molecule has 0 amide bonds. The Bertz CT molecular complexity index is 187. The van der Waals surface area contributed by atoms with E-state index in [1.807, 2.05) is 0 Å². The van der Waals surface area contributed by atoms with E-state index in [1.165, 1.54) is 0 Å². The Morgan fingerprint density at radius 1 is 1.58 bits per heavy atom. The molecule has 0 aromatic rings. The van der Waals surface area contributed by atoms with Crippen molar-refractivity contribution >= 4 is 7.85 Å². The van der Waals surface area contributed by atoms with Crippen molar-refractivity contribution in [2.75, 3.05) is 6.61 Å². The summed E-state index contributed by atoms with van der Waals surface area (Å²) < 4.78 is 5.41. The first kappa shape index (κ1) is 8.54. The average molecular weight is 168 g/mol. The highest BCUT2D eigenvalue weighted by atomic mass is 16.5. The first-order valence-electron chi connectivity index (χ1n) is 4.42. The maximum atomic E-state index is 9.76. The molecular weight excluding hydrogens is 155 g/mol. The van der Waals surface area contributed by atoms with Crippen LogP contribution in [0.4, 0.5) is 0 Å². The summed E-state index contributed by atoms with van der Waals surface area (Å²) in [6, 6.07) is -0.394. The van der Waals surface area contributed by atoms with Crippen molar-refractivity contribution in [3.8, 4) is 0 Å². The van der Waals surface area contributed by atoms with E-state index in [1.54, 1.807) is 0 Å². The molecule has 0 aromatic heterocycles. The zero-order valence-electron chi connectivity index (χ0n) is 6.94. The topological polar surface area (TPSA) is 49.7 Å². The molecule has 2 fully saturated rings. The summed E-state index contributed by atoms with van der Waals surface area (Å²) in [6.07, 6.45) is 2.03. The van der Waals surface area contributed by atoms with Gasteiger partial charge in [-0.1, -0.05) is 0 Å². The van der Waals surface area contributed by atoms with Crippen molar-refractivity contribution in [1.29, 1.82) is 0 Å². The van der Waals surface area contributed by atoms with Crippen LogP contribution in [0.3, 0.4) is 0 Å². The van der Waals surface area contributed by atoms with E-state index in [0.29, 0.717) is 0 Å². The molecule has 2 rings (SSSR count). The van der Waals surface area contributed by atoms with Gasteiger partial charge in [-0.25, -0.2) is 0 Å². The molecule has 1 aliphatic heterocycles. The number of hydrogen-bond acceptors (Lipinski definition) is 3. The van der Waals surface area contributed by atoms with Crippen molar-refractivity contribution in [3.63, 3.8) is 0 Å². The summed E-state index contributed by atoms with van der Waals surface area (Å²) in [5, 5.41) is 18.9. The maximum absolute atomic E-state index is 9.76. The van der Waals surface area contributed by atoms with E-state index >= 15 is 0 Å². The largest absolute Gasteiger partial charge is 0.393 e. The summed E-state index contributed by atoms with van der Waals surface area (Å²) in [5.41, 5.74) is -0.748. The number of aliphatic hydroxyl groups excluding tert-OH is 2. The molecule has 4 heteroatoms. The van der Waals surface area contributed by atoms with E-state index in [0.717, 1.165) is 19.3 Å². The van der Waals surface area contributed by atoms with Gasteiger partial charge in [0.05, 0.1) is 12.7 Å². The van der Waals surface area contributed by atoms with Gasteiger partial charge < -0.3 is 14.9 Å². The highest BCUT2D eigenvalue weighted by Crippen LogP contribution is 2.44. The SMILES string of the molecule is [B][C@@H]1O[C@@]2(CO)CCC[C@@H]1[C@@H]2O. The third kappa shape index (κ3) is 0.950. The molecule has 0 spiro atoms. The van der Waals surface area contributed by atoms with Crippen LogP contribution in [0.15, 0.2) is 0 Å². The molecular formula is C8H13BO3. The molecule has 0 unspecified atom stereocenters. The number of ether oxygens (including phenoxy) is 1. The van der Waals surface area contributed by atoms with Crippen molar-refractivity contribution in [3.05, 3.63) is 0 Å². The Morgan fingerprint density at radius 3 is 2.92 bits per heavy atom. The summed E-state index contributed by atoms with van der Waals surface area (Å²) in [6.45, 7) is -0.127. The average Bonchev–Trinajstić information content (AvgIpc) is 2.23. The van der Waals surface area contributed by atoms with E-state index in [9.17, 15) is 5.11 Å². The molecule has 1 saturated carbocycles. The Hall–Kier alpha value is -0.0551. The molecule has 1 saturated heterocycles. The van der Waals surface area contributed by atoms with Gasteiger partial charge in [0.1, 0.15) is 13.4 Å². The van der Waals surface area contributed by atoms with Gasteiger partial charge in [-0.2, -0.15) is 0 Å². The number of aliphatic hydroxyl groups is 2. The van der Waals surface area contributed by atoms with Gasteiger partial charge in [0.2, 0.25) is 0 Å². The van der Waals surface area contributed by atoms with Crippen LogP contribution in [0.1, 0.15) is 19.3 Å². The Morgan fingerprint density at radius 2 is 2.33 bits per heavy atom. The van der Waals surface area contributed by atoms with Gasteiger partial charge in [0, 0.05) is 11.9 Å². The van der Waals surface area contributed by atoms with Gasteiger partial charge in [-0.3, -0.25) is 0 Å². The fourth-order valence-corrected chi connectivity index (χ4v) is 2.37. The number of hydrogen-bond donors (Lipinski definition) is 2. The van der Waals surface area contributed by atoms with Crippen molar-refractivity contribution < 1.29 is 14.9 Å². The Labute approximate surface area is 73.1 Å². The minimum absolute atomic E-state index is 0.0194. The normalized spacial score (nSPS) is 52.7. The molecule has 66 valence electrons. The van der Waals surface area contributed by atoms with Gasteiger partial charge >= 0.3 is 0 Å². The van der Waals surface area contributed by atoms with E-state index in [2.05, 4.69) is 0 Å². The van der Waals surface area contributed by atoms with E-state index < -0.39 is 17.7 Å². The fraction of sp³-hybridized carbons (Fsp3) is 1.00. The molecule has 1 heterocycles. The second-order valence-corrected chi connectivity index (χ2v) is 3.81. The van der Waals surface area contributed by atoms with Gasteiger partial charge in [0.15, 0.2) is 0 Å². The van der Waals surface area contributed by atoms with Gasteiger partial charge in [-0.05, 0) is 19.3 Å². The van der Waals surface area contributed by atoms with Crippen LogP contribution in [-0.4, -0.2) is 42.4 Å². The first-order chi connectivity index (χ1) is 5.69. The lowest BCUT2D eigenvalue weighted by Crippen LogP contribution is -2.47. The second kappa shape index (κ2) is 2.72. The van der Waals surface area contributed by atoms with E-state index in [-0.39, 0.29) is 12.5 Å². The molecule has 2 N–H and O–H groups in total. The van der Waals surface area contributed by atoms with Crippen LogP contribution < -0.4 is 0 Å². The monoisotopic (exact) mass is 168 g/mol. The lowest BCUT2D eigenvalue weighted by molar-refractivity contribution is -0.109. The third-order valence-electron chi connectivity index (χ3n) is 3.14. The summed E-state index contributed by atoms with van der Waals surface area (Å²) in [5.74, 6) is 0.0194. The summed E-state index contributed by atoms with van der Waals surface area (Å²) in [7, 11) is 5.68. The quantitative estimate of drug-likeness (QED) is 0.514. The predicted molar refractivity (Wildman–Crippen MR) is 43.8 cm³/mol. The Kier molecular flexibility index (Phi) is 1.94. The molecule has 0 aromatic carbocycles. The Balaban J connectivity index is 2.24. The van der Waals surface area contributed by atoms with Crippen LogP contribution in [0.25, 0.3) is 0 Å². The first-order valence-corrected chi connectivity index (χ1v) is 4.42.